The topological polar surface area (TPSA) is 109 Å². The Morgan fingerprint density at radius 3 is 2.40 bits per heavy atom. The van der Waals surface area contributed by atoms with Crippen molar-refractivity contribution < 1.29 is 28.2 Å². The fourth-order valence-electron chi connectivity index (χ4n) is 4.72. The molecule has 2 aromatic heterocycles. The molecule has 1 aliphatic rings. The number of fused-ring (bicyclic) bond motifs is 1. The Bertz CT molecular complexity index is 2020. The average Bonchev–Trinajstić information content (AvgIpc) is 3.66. The molecule has 0 fully saturated rings. The number of thiazole rings is 1. The van der Waals surface area contributed by atoms with E-state index in [0.717, 1.165) is 5.56 Å². The van der Waals surface area contributed by atoms with E-state index in [1.54, 1.807) is 43.3 Å². The lowest BCUT2D eigenvalue weighted by molar-refractivity contribution is -0.136. The molecule has 43 heavy (non-hydrogen) atoms. The third-order valence-corrected chi connectivity index (χ3v) is 7.67. The van der Waals surface area contributed by atoms with E-state index in [9.17, 15) is 14.4 Å². The maximum absolute atomic E-state index is 13.9. The highest BCUT2D eigenvalue weighted by Crippen LogP contribution is 2.32. The highest BCUT2D eigenvalue weighted by atomic mass is 32.1. The Kier molecular flexibility index (Phi) is 7.59. The molecule has 1 atom stereocenters. The Hall–Kier alpha value is -5.48. The molecule has 3 aromatic carbocycles. The quantitative estimate of drug-likeness (QED) is 0.193. The molecule has 6 rings (SSSR count). The Balaban J connectivity index is 1.38. The Labute approximate surface area is 249 Å². The Morgan fingerprint density at radius 1 is 0.907 bits per heavy atom. The third-order valence-electron chi connectivity index (χ3n) is 6.69. The maximum atomic E-state index is 13.9. The third kappa shape index (κ3) is 5.68. The van der Waals surface area contributed by atoms with Gasteiger partial charge in [0.05, 0.1) is 35.2 Å². The molecule has 3 heterocycles. The van der Waals surface area contributed by atoms with Crippen LogP contribution in [-0.2, 0) is 9.53 Å². The number of nitrogens with zero attached hydrogens (tertiary/aromatic N) is 2. The number of allylic oxidation sites excluding steroid dienone is 1. The van der Waals surface area contributed by atoms with Gasteiger partial charge in [0.25, 0.3) is 5.56 Å². The number of methoxy groups -OCH3 is 1. The van der Waals surface area contributed by atoms with Crippen LogP contribution in [0.4, 0.5) is 0 Å². The summed E-state index contributed by atoms with van der Waals surface area (Å²) in [6, 6.07) is 25.7. The zero-order chi connectivity index (χ0) is 29.9. The summed E-state index contributed by atoms with van der Waals surface area (Å²) in [7, 11) is 1.28. The van der Waals surface area contributed by atoms with Crippen LogP contribution in [0.3, 0.4) is 0 Å². The van der Waals surface area contributed by atoms with Crippen LogP contribution in [0.2, 0.25) is 0 Å². The summed E-state index contributed by atoms with van der Waals surface area (Å²) < 4.78 is 23.4. The van der Waals surface area contributed by atoms with Crippen LogP contribution in [0.25, 0.3) is 6.08 Å². The van der Waals surface area contributed by atoms with Crippen LogP contribution in [0.5, 0.6) is 17.2 Å². The van der Waals surface area contributed by atoms with Crippen LogP contribution in [0, 0.1) is 0 Å². The maximum Gasteiger partial charge on any atom is 0.379 e. The number of furan rings is 1. The number of hydrogen-bond donors (Lipinski definition) is 0. The molecule has 0 saturated heterocycles. The molecule has 0 spiro atoms. The molecule has 0 amide bonds. The van der Waals surface area contributed by atoms with E-state index < -0.39 is 18.0 Å². The van der Waals surface area contributed by atoms with Crippen LogP contribution in [0.1, 0.15) is 34.6 Å². The first kappa shape index (κ1) is 27.7. The van der Waals surface area contributed by atoms with E-state index in [1.165, 1.54) is 35.3 Å². The van der Waals surface area contributed by atoms with E-state index in [0.29, 0.717) is 32.1 Å². The normalized spacial score (nSPS) is 14.6. The number of aromatic nitrogens is 1. The van der Waals surface area contributed by atoms with Crippen molar-refractivity contribution in [2.24, 2.45) is 4.99 Å². The van der Waals surface area contributed by atoms with E-state index in [4.69, 9.17) is 18.6 Å². The molecule has 0 radical (unpaired) electrons. The van der Waals surface area contributed by atoms with Gasteiger partial charge in [0.1, 0.15) is 17.2 Å². The second-order valence-corrected chi connectivity index (χ2v) is 10.5. The summed E-state index contributed by atoms with van der Waals surface area (Å²) in [4.78, 5) is 44.2. The van der Waals surface area contributed by atoms with Crippen LogP contribution < -0.4 is 24.4 Å². The van der Waals surface area contributed by atoms with Crippen molar-refractivity contribution in [2.75, 3.05) is 7.11 Å². The standard InChI is InChI=1S/C33H24N2O7S/c1-20-28(32(38)39-2)29(22-13-15-24(16-14-22)42-31(37)26-12-7-17-40-26)35-30(36)27(43-33(35)34-20)19-21-8-6-11-25(18-21)41-23-9-4-3-5-10-23/h3-19,29H,1-2H3/b27-19+/t29-/m1/s1. The van der Waals surface area contributed by atoms with Gasteiger partial charge in [-0.15, -0.1) is 0 Å². The Morgan fingerprint density at radius 2 is 1.67 bits per heavy atom. The number of esters is 2. The summed E-state index contributed by atoms with van der Waals surface area (Å²) >= 11 is 1.22. The number of carbonyl (C=O) groups excluding carboxylic acids is 2. The van der Waals surface area contributed by atoms with Gasteiger partial charge in [-0.25, -0.2) is 14.6 Å². The van der Waals surface area contributed by atoms with Gasteiger partial charge in [0.2, 0.25) is 5.76 Å². The summed E-state index contributed by atoms with van der Waals surface area (Å²) in [5.41, 5.74) is 1.74. The van der Waals surface area contributed by atoms with Gasteiger partial charge in [-0.05, 0) is 72.7 Å². The van der Waals surface area contributed by atoms with Crippen molar-refractivity contribution in [1.82, 2.24) is 4.57 Å². The van der Waals surface area contributed by atoms with E-state index >= 15 is 0 Å². The minimum atomic E-state index is -0.812. The van der Waals surface area contributed by atoms with Gasteiger partial charge in [0, 0.05) is 0 Å². The molecule has 1 aliphatic heterocycles. The summed E-state index contributed by atoms with van der Waals surface area (Å²) in [5.74, 6) is 0.429. The van der Waals surface area contributed by atoms with Gasteiger partial charge >= 0.3 is 11.9 Å². The van der Waals surface area contributed by atoms with E-state index in [-0.39, 0.29) is 22.6 Å². The fourth-order valence-corrected chi connectivity index (χ4v) is 5.77. The molecule has 10 heteroatoms. The number of hydrogen-bond acceptors (Lipinski definition) is 9. The lowest BCUT2D eigenvalue weighted by Gasteiger charge is -2.24. The molecule has 0 aliphatic carbocycles. The zero-order valence-corrected chi connectivity index (χ0v) is 23.9. The molecular formula is C33H24N2O7S. The monoisotopic (exact) mass is 592 g/mol. The molecule has 0 saturated carbocycles. The smallest absolute Gasteiger partial charge is 0.379 e. The van der Waals surface area contributed by atoms with Crippen molar-refractivity contribution in [2.45, 2.75) is 13.0 Å². The number of carbonyl (C=O) groups is 2. The van der Waals surface area contributed by atoms with Gasteiger partial charge in [-0.3, -0.25) is 9.36 Å². The van der Waals surface area contributed by atoms with Crippen molar-refractivity contribution in [3.05, 3.63) is 145 Å². The van der Waals surface area contributed by atoms with E-state index in [2.05, 4.69) is 4.99 Å². The molecule has 0 N–H and O–H groups in total. The van der Waals surface area contributed by atoms with Crippen LogP contribution >= 0.6 is 11.3 Å². The predicted octanol–water partition coefficient (Wildman–Crippen LogP) is 5.01. The first-order valence-electron chi connectivity index (χ1n) is 13.2. The first-order valence-corrected chi connectivity index (χ1v) is 14.0. The number of rotatable bonds is 7. The lowest BCUT2D eigenvalue weighted by Crippen LogP contribution is -2.39. The second kappa shape index (κ2) is 11.8. The highest BCUT2D eigenvalue weighted by molar-refractivity contribution is 7.07. The van der Waals surface area contributed by atoms with E-state index in [1.807, 2.05) is 54.6 Å². The van der Waals surface area contributed by atoms with Crippen LogP contribution in [0.15, 0.2) is 123 Å². The molecule has 0 unspecified atom stereocenters. The van der Waals surface area contributed by atoms with Gasteiger partial charge in [0.15, 0.2) is 4.80 Å². The zero-order valence-electron chi connectivity index (χ0n) is 23.1. The molecule has 9 nitrogen and oxygen atoms in total. The molecular weight excluding hydrogens is 568 g/mol. The fraction of sp³-hybridized carbons (Fsp3) is 0.0909. The van der Waals surface area contributed by atoms with Crippen molar-refractivity contribution in [1.29, 1.82) is 0 Å². The van der Waals surface area contributed by atoms with Gasteiger partial charge in [-0.1, -0.05) is 53.8 Å². The number of ether oxygens (including phenoxy) is 3. The van der Waals surface area contributed by atoms with Gasteiger partial charge < -0.3 is 18.6 Å². The molecule has 5 aromatic rings. The number of benzene rings is 3. The largest absolute Gasteiger partial charge is 0.466 e. The number of para-hydroxylation sites is 1. The molecule has 214 valence electrons. The lowest BCUT2D eigenvalue weighted by atomic mass is 9.96. The van der Waals surface area contributed by atoms with Crippen molar-refractivity contribution in [3.8, 4) is 17.2 Å². The highest BCUT2D eigenvalue weighted by Gasteiger charge is 2.33. The summed E-state index contributed by atoms with van der Waals surface area (Å²) in [5, 5.41) is 0. The SMILES string of the molecule is COC(=O)C1=C(C)N=c2s/c(=C/c3cccc(Oc4ccccc4)c3)c(=O)n2[C@@H]1c1ccc(OC(=O)c2ccco2)cc1. The predicted molar refractivity (Wildman–Crippen MR) is 159 cm³/mol. The van der Waals surface area contributed by atoms with Crippen molar-refractivity contribution >= 4 is 29.4 Å². The second-order valence-electron chi connectivity index (χ2n) is 9.50. The summed E-state index contributed by atoms with van der Waals surface area (Å²) in [6.07, 6.45) is 3.15. The minimum absolute atomic E-state index is 0.0694. The van der Waals surface area contributed by atoms with Gasteiger partial charge in [-0.2, -0.15) is 0 Å². The summed E-state index contributed by atoms with van der Waals surface area (Å²) in [6.45, 7) is 1.71. The average molecular weight is 593 g/mol. The van der Waals surface area contributed by atoms with Crippen molar-refractivity contribution in [3.63, 3.8) is 0 Å². The minimum Gasteiger partial charge on any atom is -0.466 e. The first-order chi connectivity index (χ1) is 20.9. The van der Waals surface area contributed by atoms with Crippen LogP contribution in [-0.4, -0.2) is 23.6 Å². The molecule has 0 bridgehead atoms.